The van der Waals surface area contributed by atoms with Crippen molar-refractivity contribution < 1.29 is 13.2 Å². The molecule has 2 heterocycles. The molecule has 1 saturated heterocycles. The van der Waals surface area contributed by atoms with Crippen molar-refractivity contribution in [1.29, 1.82) is 0 Å². The Bertz CT molecular complexity index is 856. The number of benzene rings is 1. The SMILES string of the molecule is CN1CCCC1=NS(=O)(=O)c1ccc(NC(=O)c2ccsc2)cc1. The number of thiophene rings is 1. The van der Waals surface area contributed by atoms with Crippen LogP contribution in [0.1, 0.15) is 23.2 Å². The number of amides is 1. The number of sulfonamides is 1. The van der Waals surface area contributed by atoms with E-state index in [2.05, 4.69) is 9.71 Å². The normalized spacial score (nSPS) is 16.5. The first-order valence-electron chi connectivity index (χ1n) is 7.44. The Balaban J connectivity index is 1.75. The number of hydrogen-bond acceptors (Lipinski definition) is 4. The minimum Gasteiger partial charge on any atom is -0.362 e. The molecule has 1 aromatic carbocycles. The van der Waals surface area contributed by atoms with Gasteiger partial charge in [0.2, 0.25) is 0 Å². The maximum Gasteiger partial charge on any atom is 0.283 e. The lowest BCUT2D eigenvalue weighted by atomic mass is 10.3. The number of hydrogen-bond donors (Lipinski definition) is 1. The van der Waals surface area contributed by atoms with Crippen molar-refractivity contribution in [1.82, 2.24) is 4.90 Å². The molecule has 2 aromatic rings. The maximum atomic E-state index is 12.4. The summed E-state index contributed by atoms with van der Waals surface area (Å²) < 4.78 is 28.6. The molecule has 0 saturated carbocycles. The molecule has 1 aliphatic rings. The molecule has 1 amide bonds. The maximum absolute atomic E-state index is 12.4. The van der Waals surface area contributed by atoms with Crippen LogP contribution in [0.3, 0.4) is 0 Å². The Morgan fingerprint density at radius 3 is 2.58 bits per heavy atom. The highest BCUT2D eigenvalue weighted by Crippen LogP contribution is 2.19. The Labute approximate surface area is 144 Å². The van der Waals surface area contributed by atoms with Gasteiger partial charge in [0.1, 0.15) is 5.84 Å². The van der Waals surface area contributed by atoms with Crippen molar-refractivity contribution in [2.24, 2.45) is 4.40 Å². The van der Waals surface area contributed by atoms with Crippen molar-refractivity contribution in [2.75, 3.05) is 18.9 Å². The first kappa shape index (κ1) is 16.7. The third-order valence-electron chi connectivity index (χ3n) is 3.75. The van der Waals surface area contributed by atoms with E-state index in [1.54, 1.807) is 23.6 Å². The fourth-order valence-electron chi connectivity index (χ4n) is 2.41. The molecule has 1 fully saturated rings. The van der Waals surface area contributed by atoms with Crippen LogP contribution in [0.5, 0.6) is 0 Å². The quantitative estimate of drug-likeness (QED) is 0.906. The Morgan fingerprint density at radius 2 is 2.00 bits per heavy atom. The zero-order chi connectivity index (χ0) is 17.2. The number of anilines is 1. The largest absolute Gasteiger partial charge is 0.362 e. The lowest BCUT2D eigenvalue weighted by Gasteiger charge is -2.11. The van der Waals surface area contributed by atoms with Gasteiger partial charge < -0.3 is 10.2 Å². The Kier molecular flexibility index (Phi) is 4.68. The van der Waals surface area contributed by atoms with Gasteiger partial charge in [0.15, 0.2) is 0 Å². The summed E-state index contributed by atoms with van der Waals surface area (Å²) in [5.74, 6) is 0.365. The van der Waals surface area contributed by atoms with E-state index in [0.29, 0.717) is 23.5 Å². The van der Waals surface area contributed by atoms with E-state index >= 15 is 0 Å². The van der Waals surface area contributed by atoms with Gasteiger partial charge in [-0.05, 0) is 42.1 Å². The summed E-state index contributed by atoms with van der Waals surface area (Å²) in [4.78, 5) is 13.9. The molecule has 1 aromatic heterocycles. The first-order chi connectivity index (χ1) is 11.5. The number of nitrogens with one attached hydrogen (secondary N) is 1. The van der Waals surface area contributed by atoms with Crippen molar-refractivity contribution in [3.63, 3.8) is 0 Å². The van der Waals surface area contributed by atoms with E-state index < -0.39 is 10.0 Å². The number of carbonyl (C=O) groups excluding carboxylic acids is 1. The van der Waals surface area contributed by atoms with Crippen molar-refractivity contribution in [3.8, 4) is 0 Å². The summed E-state index contributed by atoms with van der Waals surface area (Å²) in [6, 6.07) is 7.77. The second-order valence-corrected chi connectivity index (χ2v) is 7.88. The Hall–Kier alpha value is -2.19. The average molecular weight is 363 g/mol. The number of carbonyl (C=O) groups is 1. The molecule has 0 aliphatic carbocycles. The zero-order valence-corrected chi connectivity index (χ0v) is 14.7. The summed E-state index contributed by atoms with van der Waals surface area (Å²) in [6.45, 7) is 0.821. The van der Waals surface area contributed by atoms with E-state index in [0.717, 1.165) is 13.0 Å². The lowest BCUT2D eigenvalue weighted by molar-refractivity contribution is 0.102. The minimum absolute atomic E-state index is 0.115. The number of rotatable bonds is 4. The monoisotopic (exact) mass is 363 g/mol. The molecule has 0 unspecified atom stereocenters. The molecule has 0 bridgehead atoms. The number of amidine groups is 1. The molecule has 0 atom stereocenters. The second kappa shape index (κ2) is 6.74. The van der Waals surface area contributed by atoms with Gasteiger partial charge >= 0.3 is 0 Å². The van der Waals surface area contributed by atoms with E-state index in [1.807, 2.05) is 17.3 Å². The van der Waals surface area contributed by atoms with Crippen molar-refractivity contribution in [2.45, 2.75) is 17.7 Å². The summed E-state index contributed by atoms with van der Waals surface area (Å²) >= 11 is 1.44. The molecule has 24 heavy (non-hydrogen) atoms. The zero-order valence-electron chi connectivity index (χ0n) is 13.1. The summed E-state index contributed by atoms with van der Waals surface area (Å²) in [6.07, 6.45) is 1.59. The molecule has 1 N–H and O–H groups in total. The van der Waals surface area contributed by atoms with Crippen LogP contribution in [-0.2, 0) is 10.0 Å². The highest BCUT2D eigenvalue weighted by atomic mass is 32.2. The molecular formula is C16H17N3O3S2. The number of likely N-dealkylation sites (tertiary alicyclic amines) is 1. The minimum atomic E-state index is -3.73. The predicted octanol–water partition coefficient (Wildman–Crippen LogP) is 2.81. The molecule has 0 spiro atoms. The fourth-order valence-corrected chi connectivity index (χ4v) is 4.14. The van der Waals surface area contributed by atoms with Crippen molar-refractivity contribution >= 4 is 38.8 Å². The van der Waals surface area contributed by atoms with Gasteiger partial charge in [-0.1, -0.05) is 0 Å². The van der Waals surface area contributed by atoms with Crippen LogP contribution in [0.4, 0.5) is 5.69 Å². The van der Waals surface area contributed by atoms with Gasteiger partial charge in [-0.3, -0.25) is 4.79 Å². The highest BCUT2D eigenvalue weighted by molar-refractivity contribution is 7.90. The fraction of sp³-hybridized carbons (Fsp3) is 0.250. The highest BCUT2D eigenvalue weighted by Gasteiger charge is 2.20. The van der Waals surface area contributed by atoms with Crippen LogP contribution in [0.2, 0.25) is 0 Å². The average Bonchev–Trinajstić information content (AvgIpc) is 3.20. The van der Waals surface area contributed by atoms with Crippen LogP contribution in [-0.4, -0.2) is 38.7 Å². The van der Waals surface area contributed by atoms with Gasteiger partial charge in [-0.25, -0.2) is 0 Å². The predicted molar refractivity (Wildman–Crippen MR) is 95.2 cm³/mol. The van der Waals surface area contributed by atoms with Gasteiger partial charge in [-0.15, -0.1) is 4.40 Å². The third-order valence-corrected chi connectivity index (χ3v) is 5.76. The summed E-state index contributed by atoms with van der Waals surface area (Å²) in [7, 11) is -1.89. The van der Waals surface area contributed by atoms with E-state index in [9.17, 15) is 13.2 Å². The van der Waals surface area contributed by atoms with Crippen LogP contribution in [0, 0.1) is 0 Å². The second-order valence-electron chi connectivity index (χ2n) is 5.50. The molecule has 6 nitrogen and oxygen atoms in total. The smallest absolute Gasteiger partial charge is 0.283 e. The molecular weight excluding hydrogens is 346 g/mol. The molecule has 1 aliphatic heterocycles. The van der Waals surface area contributed by atoms with Gasteiger partial charge in [-0.2, -0.15) is 19.8 Å². The van der Waals surface area contributed by atoms with E-state index in [1.165, 1.54) is 23.5 Å². The van der Waals surface area contributed by atoms with Gasteiger partial charge in [0, 0.05) is 31.1 Å². The summed E-state index contributed by atoms with van der Waals surface area (Å²) in [5.41, 5.74) is 1.11. The first-order valence-corrected chi connectivity index (χ1v) is 9.82. The van der Waals surface area contributed by atoms with Crippen LogP contribution in [0.15, 0.2) is 50.4 Å². The molecule has 0 radical (unpaired) electrons. The van der Waals surface area contributed by atoms with E-state index in [-0.39, 0.29) is 10.8 Å². The standard InChI is InChI=1S/C16H17N3O3S2/c1-19-9-2-3-15(19)18-24(21,22)14-6-4-13(5-7-14)17-16(20)12-8-10-23-11-12/h4-8,10-11H,2-3,9H2,1H3,(H,17,20). The van der Waals surface area contributed by atoms with E-state index in [4.69, 9.17) is 0 Å². The van der Waals surface area contributed by atoms with Crippen LogP contribution in [0.25, 0.3) is 0 Å². The topological polar surface area (TPSA) is 78.8 Å². The molecule has 8 heteroatoms. The van der Waals surface area contributed by atoms with Crippen molar-refractivity contribution in [3.05, 3.63) is 46.7 Å². The molecule has 3 rings (SSSR count). The number of nitrogens with zero attached hydrogens (tertiary/aromatic N) is 2. The van der Waals surface area contributed by atoms with Gasteiger partial charge in [0.25, 0.3) is 15.9 Å². The van der Waals surface area contributed by atoms with Crippen LogP contribution >= 0.6 is 11.3 Å². The lowest BCUT2D eigenvalue weighted by Crippen LogP contribution is -2.20. The summed E-state index contributed by atoms with van der Waals surface area (Å²) in [5, 5.41) is 6.31. The van der Waals surface area contributed by atoms with Gasteiger partial charge in [0.05, 0.1) is 10.5 Å². The third kappa shape index (κ3) is 3.65. The Morgan fingerprint density at radius 1 is 1.25 bits per heavy atom. The van der Waals surface area contributed by atoms with Crippen LogP contribution < -0.4 is 5.32 Å². The molecule has 126 valence electrons.